The number of halogens is 3. The predicted molar refractivity (Wildman–Crippen MR) is 68.9 cm³/mol. The van der Waals surface area contributed by atoms with E-state index in [-0.39, 0.29) is 0 Å². The van der Waals surface area contributed by atoms with E-state index < -0.39 is 11.7 Å². The maximum Gasteiger partial charge on any atom is 0.416 e. The van der Waals surface area contributed by atoms with Crippen LogP contribution in [-0.2, 0) is 6.18 Å². The van der Waals surface area contributed by atoms with E-state index in [0.29, 0.717) is 16.3 Å². The molecule has 100 valence electrons. The molecule has 1 aromatic carbocycles. The third-order valence-electron chi connectivity index (χ3n) is 2.45. The van der Waals surface area contributed by atoms with Gasteiger partial charge in [0, 0.05) is 18.0 Å². The van der Waals surface area contributed by atoms with Crippen LogP contribution in [0.5, 0.6) is 0 Å². The molecule has 0 spiro atoms. The van der Waals surface area contributed by atoms with Gasteiger partial charge in [0.15, 0.2) is 5.16 Å². The minimum Gasteiger partial charge on any atom is -0.230 e. The van der Waals surface area contributed by atoms with Crippen LogP contribution in [0.1, 0.15) is 12.5 Å². The molecule has 0 aliphatic rings. The van der Waals surface area contributed by atoms with Crippen molar-refractivity contribution in [3.8, 4) is 11.1 Å². The van der Waals surface area contributed by atoms with Crippen molar-refractivity contribution in [3.05, 3.63) is 42.2 Å². The van der Waals surface area contributed by atoms with E-state index in [2.05, 4.69) is 9.97 Å². The monoisotopic (exact) mass is 284 g/mol. The first kappa shape index (κ1) is 13.9. The molecule has 1 aromatic heterocycles. The van der Waals surface area contributed by atoms with E-state index >= 15 is 0 Å². The summed E-state index contributed by atoms with van der Waals surface area (Å²) in [7, 11) is 0. The number of hydrogen-bond acceptors (Lipinski definition) is 3. The summed E-state index contributed by atoms with van der Waals surface area (Å²) in [6, 6.07) is 4.97. The van der Waals surface area contributed by atoms with Crippen LogP contribution in [0.3, 0.4) is 0 Å². The summed E-state index contributed by atoms with van der Waals surface area (Å²) in [5.41, 5.74) is 0.713. The standard InChI is InChI=1S/C13H11F3N2S/c1-2-19-12-17-7-10(8-18-12)9-3-5-11(6-4-9)13(14,15)16/h3-8H,2H2,1H3. The zero-order valence-corrected chi connectivity index (χ0v) is 10.9. The van der Waals surface area contributed by atoms with E-state index in [0.717, 1.165) is 17.9 Å². The number of rotatable bonds is 3. The van der Waals surface area contributed by atoms with Gasteiger partial charge in [-0.15, -0.1) is 0 Å². The topological polar surface area (TPSA) is 25.8 Å². The second kappa shape index (κ2) is 5.61. The van der Waals surface area contributed by atoms with Crippen LogP contribution in [-0.4, -0.2) is 15.7 Å². The molecule has 0 N–H and O–H groups in total. The minimum atomic E-state index is -4.31. The fourth-order valence-corrected chi connectivity index (χ4v) is 2.03. The normalized spacial score (nSPS) is 11.6. The van der Waals surface area contributed by atoms with Gasteiger partial charge in [0.25, 0.3) is 0 Å². The molecule has 0 saturated carbocycles. The zero-order chi connectivity index (χ0) is 13.9. The summed E-state index contributed by atoms with van der Waals surface area (Å²) in [5, 5.41) is 0.665. The van der Waals surface area contributed by atoms with Crippen LogP contribution in [0.15, 0.2) is 41.8 Å². The van der Waals surface area contributed by atoms with Gasteiger partial charge in [-0.25, -0.2) is 9.97 Å². The van der Waals surface area contributed by atoms with Crippen molar-refractivity contribution < 1.29 is 13.2 Å². The van der Waals surface area contributed by atoms with Crippen molar-refractivity contribution in [1.29, 1.82) is 0 Å². The number of benzene rings is 1. The zero-order valence-electron chi connectivity index (χ0n) is 10.1. The van der Waals surface area contributed by atoms with Gasteiger partial charge < -0.3 is 0 Å². The maximum atomic E-state index is 12.4. The van der Waals surface area contributed by atoms with Crippen LogP contribution in [0.25, 0.3) is 11.1 Å². The van der Waals surface area contributed by atoms with Crippen LogP contribution in [0.4, 0.5) is 13.2 Å². The Kier molecular flexibility index (Phi) is 4.09. The van der Waals surface area contributed by atoms with Crippen molar-refractivity contribution in [2.45, 2.75) is 18.3 Å². The quantitative estimate of drug-likeness (QED) is 0.621. The Labute approximate surface area is 113 Å². The largest absolute Gasteiger partial charge is 0.416 e. The molecule has 0 saturated heterocycles. The highest BCUT2D eigenvalue weighted by Gasteiger charge is 2.29. The smallest absolute Gasteiger partial charge is 0.230 e. The molecule has 19 heavy (non-hydrogen) atoms. The molecule has 2 rings (SSSR count). The lowest BCUT2D eigenvalue weighted by atomic mass is 10.1. The summed E-state index contributed by atoms with van der Waals surface area (Å²) >= 11 is 1.51. The predicted octanol–water partition coefficient (Wildman–Crippen LogP) is 4.27. The number of alkyl halides is 3. The molecule has 2 aromatic rings. The van der Waals surface area contributed by atoms with Crippen LogP contribution >= 0.6 is 11.8 Å². The average molecular weight is 284 g/mol. The summed E-state index contributed by atoms with van der Waals surface area (Å²) in [6.45, 7) is 2.00. The minimum absolute atomic E-state index is 0.657. The summed E-state index contributed by atoms with van der Waals surface area (Å²) < 4.78 is 37.3. The highest BCUT2D eigenvalue weighted by atomic mass is 32.2. The Morgan fingerprint density at radius 1 is 1.00 bits per heavy atom. The first-order valence-corrected chi connectivity index (χ1v) is 6.61. The fraction of sp³-hybridized carbons (Fsp3) is 0.231. The Morgan fingerprint density at radius 3 is 2.05 bits per heavy atom. The van der Waals surface area contributed by atoms with E-state index in [1.807, 2.05) is 6.92 Å². The van der Waals surface area contributed by atoms with Crippen molar-refractivity contribution in [1.82, 2.24) is 9.97 Å². The molecule has 0 amide bonds. The number of aromatic nitrogens is 2. The highest BCUT2D eigenvalue weighted by molar-refractivity contribution is 7.99. The second-order valence-corrected chi connectivity index (χ2v) is 4.99. The Hall–Kier alpha value is -1.56. The molecule has 0 aliphatic heterocycles. The summed E-state index contributed by atoms with van der Waals surface area (Å²) in [4.78, 5) is 8.29. The lowest BCUT2D eigenvalue weighted by molar-refractivity contribution is -0.137. The van der Waals surface area contributed by atoms with E-state index in [1.54, 1.807) is 12.4 Å². The summed E-state index contributed by atoms with van der Waals surface area (Å²) in [5.74, 6) is 0.875. The molecule has 0 unspecified atom stereocenters. The average Bonchev–Trinajstić information content (AvgIpc) is 2.39. The molecule has 1 heterocycles. The molecule has 0 aliphatic carbocycles. The maximum absolute atomic E-state index is 12.4. The third-order valence-corrected chi connectivity index (χ3v) is 3.20. The SMILES string of the molecule is CCSc1ncc(-c2ccc(C(F)(F)F)cc2)cn1. The van der Waals surface area contributed by atoms with Gasteiger partial charge in [0.05, 0.1) is 5.56 Å². The molecular weight excluding hydrogens is 273 g/mol. The van der Waals surface area contributed by atoms with E-state index in [9.17, 15) is 13.2 Å². The van der Waals surface area contributed by atoms with Crippen molar-refractivity contribution in [2.75, 3.05) is 5.75 Å². The first-order valence-electron chi connectivity index (χ1n) is 5.63. The first-order chi connectivity index (χ1) is 9.00. The fourth-order valence-electron chi connectivity index (χ4n) is 1.52. The van der Waals surface area contributed by atoms with Crippen LogP contribution < -0.4 is 0 Å². The highest BCUT2D eigenvalue weighted by Crippen LogP contribution is 2.30. The van der Waals surface area contributed by atoms with Crippen molar-refractivity contribution in [2.24, 2.45) is 0 Å². The van der Waals surface area contributed by atoms with Gasteiger partial charge in [0.2, 0.25) is 0 Å². The van der Waals surface area contributed by atoms with Crippen molar-refractivity contribution >= 4 is 11.8 Å². The van der Waals surface area contributed by atoms with Gasteiger partial charge in [-0.3, -0.25) is 0 Å². The lowest BCUT2D eigenvalue weighted by Crippen LogP contribution is -2.04. The van der Waals surface area contributed by atoms with E-state index in [1.165, 1.54) is 23.9 Å². The molecule has 0 bridgehead atoms. The molecule has 0 fully saturated rings. The molecule has 0 atom stereocenters. The van der Waals surface area contributed by atoms with E-state index in [4.69, 9.17) is 0 Å². The third kappa shape index (κ3) is 3.47. The number of nitrogens with zero attached hydrogens (tertiary/aromatic N) is 2. The van der Waals surface area contributed by atoms with Gasteiger partial charge >= 0.3 is 6.18 Å². The Bertz CT molecular complexity index is 535. The van der Waals surface area contributed by atoms with Crippen molar-refractivity contribution in [3.63, 3.8) is 0 Å². The molecule has 0 radical (unpaired) electrons. The van der Waals surface area contributed by atoms with Gasteiger partial charge in [-0.2, -0.15) is 13.2 Å². The Balaban J connectivity index is 2.22. The molecular formula is C13H11F3N2S. The van der Waals surface area contributed by atoms with Gasteiger partial charge in [0.1, 0.15) is 0 Å². The number of hydrogen-bond donors (Lipinski definition) is 0. The molecule has 6 heteroatoms. The Morgan fingerprint density at radius 2 is 1.58 bits per heavy atom. The molecule has 2 nitrogen and oxygen atoms in total. The van der Waals surface area contributed by atoms with Gasteiger partial charge in [-0.1, -0.05) is 30.8 Å². The van der Waals surface area contributed by atoms with Gasteiger partial charge in [-0.05, 0) is 23.4 Å². The van der Waals surface area contributed by atoms with Crippen LogP contribution in [0.2, 0.25) is 0 Å². The second-order valence-electron chi connectivity index (χ2n) is 3.76. The summed E-state index contributed by atoms with van der Waals surface area (Å²) in [6.07, 6.45) is -1.07. The lowest BCUT2D eigenvalue weighted by Gasteiger charge is -2.07. The van der Waals surface area contributed by atoms with Crippen LogP contribution in [0, 0.1) is 0 Å². The number of thioether (sulfide) groups is 1.